The van der Waals surface area contributed by atoms with Crippen molar-refractivity contribution in [2.75, 3.05) is 44.7 Å². The second-order valence-corrected chi connectivity index (χ2v) is 7.82. The van der Waals surface area contributed by atoms with Crippen LogP contribution in [0.25, 0.3) is 0 Å². The summed E-state index contributed by atoms with van der Waals surface area (Å²) < 4.78 is 22.7. The minimum absolute atomic E-state index is 0.255. The first-order valence-electron chi connectivity index (χ1n) is 6.48. The third-order valence-electron chi connectivity index (χ3n) is 3.50. The molecule has 0 aromatic carbocycles. The molecule has 4 nitrogen and oxygen atoms in total. The van der Waals surface area contributed by atoms with Gasteiger partial charge in [-0.1, -0.05) is 20.3 Å². The van der Waals surface area contributed by atoms with E-state index >= 15 is 0 Å². The fraction of sp³-hybridized carbons (Fsp3) is 1.00. The number of sulfone groups is 1. The molecule has 1 fully saturated rings. The van der Waals surface area contributed by atoms with Gasteiger partial charge in [0.05, 0.1) is 11.5 Å². The van der Waals surface area contributed by atoms with E-state index in [4.69, 9.17) is 0 Å². The Kier molecular flexibility index (Phi) is 5.41. The number of hydrogen-bond donors (Lipinski definition) is 1. The molecular weight excluding hydrogens is 236 g/mol. The second kappa shape index (κ2) is 6.16. The van der Waals surface area contributed by atoms with E-state index in [9.17, 15) is 8.42 Å². The Balaban J connectivity index is 2.51. The first-order valence-corrected chi connectivity index (χ1v) is 8.30. The molecule has 5 heteroatoms. The molecule has 1 saturated heterocycles. The highest BCUT2D eigenvalue weighted by Gasteiger charge is 2.29. The van der Waals surface area contributed by atoms with E-state index in [2.05, 4.69) is 24.1 Å². The smallest absolute Gasteiger partial charge is 0.152 e. The van der Waals surface area contributed by atoms with Gasteiger partial charge in [-0.3, -0.25) is 0 Å². The van der Waals surface area contributed by atoms with Gasteiger partial charge in [0.1, 0.15) is 0 Å². The summed E-state index contributed by atoms with van der Waals surface area (Å²) in [6.07, 6.45) is 2.35. The van der Waals surface area contributed by atoms with E-state index in [1.54, 1.807) is 0 Å². The molecule has 0 aromatic heterocycles. The zero-order valence-corrected chi connectivity index (χ0v) is 12.1. The Bertz CT molecular complexity index is 307. The highest BCUT2D eigenvalue weighted by molar-refractivity contribution is 7.91. The molecule has 17 heavy (non-hydrogen) atoms. The fourth-order valence-corrected chi connectivity index (χ4v) is 3.98. The quantitative estimate of drug-likeness (QED) is 0.767. The van der Waals surface area contributed by atoms with E-state index in [0.29, 0.717) is 24.6 Å². The minimum atomic E-state index is -2.75. The Morgan fingerprint density at radius 3 is 2.35 bits per heavy atom. The van der Waals surface area contributed by atoms with Crippen molar-refractivity contribution >= 4 is 9.84 Å². The molecule has 1 rings (SSSR count). The van der Waals surface area contributed by atoms with Crippen LogP contribution in [0.15, 0.2) is 0 Å². The summed E-state index contributed by atoms with van der Waals surface area (Å²) in [5.74, 6) is 0.656. The van der Waals surface area contributed by atoms with Crippen LogP contribution in [0.1, 0.15) is 26.7 Å². The Hall–Kier alpha value is -0.130. The van der Waals surface area contributed by atoms with Crippen LogP contribution in [0.4, 0.5) is 0 Å². The molecule has 1 heterocycles. The molecule has 0 bridgehead atoms. The number of nitrogens with zero attached hydrogens (tertiary/aromatic N) is 1. The van der Waals surface area contributed by atoms with Gasteiger partial charge in [0.15, 0.2) is 9.84 Å². The molecule has 1 unspecified atom stereocenters. The SMILES string of the molecule is CCCC(C)(CNC)CN1CCS(=O)(=O)CC1. The maximum atomic E-state index is 11.4. The lowest BCUT2D eigenvalue weighted by Crippen LogP contribution is -2.47. The van der Waals surface area contributed by atoms with Crippen molar-refractivity contribution in [3.63, 3.8) is 0 Å². The Labute approximate surface area is 106 Å². The van der Waals surface area contributed by atoms with Gasteiger partial charge in [-0.15, -0.1) is 0 Å². The molecule has 0 aromatic rings. The molecule has 0 amide bonds. The van der Waals surface area contributed by atoms with Crippen molar-refractivity contribution in [1.29, 1.82) is 0 Å². The van der Waals surface area contributed by atoms with E-state index < -0.39 is 9.84 Å². The molecule has 1 aliphatic heterocycles. The van der Waals surface area contributed by atoms with Gasteiger partial charge < -0.3 is 10.2 Å². The van der Waals surface area contributed by atoms with Crippen LogP contribution in [-0.4, -0.2) is 58.1 Å². The molecule has 0 saturated carbocycles. The van der Waals surface area contributed by atoms with Crippen molar-refractivity contribution in [2.45, 2.75) is 26.7 Å². The van der Waals surface area contributed by atoms with Gasteiger partial charge in [-0.25, -0.2) is 8.42 Å². The van der Waals surface area contributed by atoms with Gasteiger partial charge in [0.25, 0.3) is 0 Å². The van der Waals surface area contributed by atoms with E-state index in [-0.39, 0.29) is 5.41 Å². The van der Waals surface area contributed by atoms with Crippen molar-refractivity contribution in [3.8, 4) is 0 Å². The van der Waals surface area contributed by atoms with Crippen LogP contribution in [0, 0.1) is 5.41 Å². The molecule has 0 radical (unpaired) electrons. The largest absolute Gasteiger partial charge is 0.319 e. The molecule has 102 valence electrons. The van der Waals surface area contributed by atoms with E-state index in [0.717, 1.165) is 13.1 Å². The third kappa shape index (κ3) is 4.94. The van der Waals surface area contributed by atoms with E-state index in [1.807, 2.05) is 7.05 Å². The topological polar surface area (TPSA) is 49.4 Å². The lowest BCUT2D eigenvalue weighted by atomic mass is 9.85. The Morgan fingerprint density at radius 2 is 1.88 bits per heavy atom. The standard InChI is InChI=1S/C12H26N2O2S/c1-4-5-12(2,10-13-3)11-14-6-8-17(15,16)9-7-14/h13H,4-11H2,1-3H3. The average molecular weight is 262 g/mol. The first kappa shape index (κ1) is 14.9. The molecule has 1 atom stereocenters. The normalized spacial score (nSPS) is 24.4. The van der Waals surface area contributed by atoms with Crippen LogP contribution in [0.5, 0.6) is 0 Å². The highest BCUT2D eigenvalue weighted by Crippen LogP contribution is 2.24. The summed E-state index contributed by atoms with van der Waals surface area (Å²) in [6.45, 7) is 7.88. The summed E-state index contributed by atoms with van der Waals surface area (Å²) in [5.41, 5.74) is 0.255. The minimum Gasteiger partial charge on any atom is -0.319 e. The van der Waals surface area contributed by atoms with Crippen LogP contribution >= 0.6 is 0 Å². The molecule has 1 aliphatic rings. The zero-order valence-electron chi connectivity index (χ0n) is 11.3. The molecule has 0 spiro atoms. The molecule has 1 N–H and O–H groups in total. The van der Waals surface area contributed by atoms with Crippen molar-refractivity contribution in [3.05, 3.63) is 0 Å². The van der Waals surface area contributed by atoms with Crippen LogP contribution in [0.2, 0.25) is 0 Å². The van der Waals surface area contributed by atoms with Crippen LogP contribution < -0.4 is 5.32 Å². The Morgan fingerprint density at radius 1 is 1.29 bits per heavy atom. The van der Waals surface area contributed by atoms with Crippen LogP contribution in [-0.2, 0) is 9.84 Å². The second-order valence-electron chi connectivity index (χ2n) is 5.52. The maximum Gasteiger partial charge on any atom is 0.152 e. The number of hydrogen-bond acceptors (Lipinski definition) is 4. The zero-order chi connectivity index (χ0) is 12.9. The maximum absolute atomic E-state index is 11.4. The predicted molar refractivity (Wildman–Crippen MR) is 72.0 cm³/mol. The summed E-state index contributed by atoms with van der Waals surface area (Å²) in [5, 5.41) is 3.25. The van der Waals surface area contributed by atoms with E-state index in [1.165, 1.54) is 12.8 Å². The molecule has 0 aliphatic carbocycles. The first-order chi connectivity index (χ1) is 7.91. The monoisotopic (exact) mass is 262 g/mol. The van der Waals surface area contributed by atoms with Gasteiger partial charge in [-0.2, -0.15) is 0 Å². The lowest BCUT2D eigenvalue weighted by molar-refractivity contribution is 0.160. The lowest BCUT2D eigenvalue weighted by Gasteiger charge is -2.37. The van der Waals surface area contributed by atoms with Gasteiger partial charge in [0, 0.05) is 26.2 Å². The van der Waals surface area contributed by atoms with Crippen molar-refractivity contribution in [1.82, 2.24) is 10.2 Å². The van der Waals surface area contributed by atoms with Gasteiger partial charge >= 0.3 is 0 Å². The average Bonchev–Trinajstić information content (AvgIpc) is 2.22. The van der Waals surface area contributed by atoms with Crippen molar-refractivity contribution < 1.29 is 8.42 Å². The third-order valence-corrected chi connectivity index (χ3v) is 5.11. The molecular formula is C12H26N2O2S. The highest BCUT2D eigenvalue weighted by atomic mass is 32.2. The van der Waals surface area contributed by atoms with Gasteiger partial charge in [0.2, 0.25) is 0 Å². The summed E-state index contributed by atoms with van der Waals surface area (Å²) in [7, 11) is -0.772. The summed E-state index contributed by atoms with van der Waals surface area (Å²) in [4.78, 5) is 2.30. The summed E-state index contributed by atoms with van der Waals surface area (Å²) in [6, 6.07) is 0. The fourth-order valence-electron chi connectivity index (χ4n) is 2.70. The van der Waals surface area contributed by atoms with Gasteiger partial charge in [-0.05, 0) is 18.9 Å². The predicted octanol–water partition coefficient (Wildman–Crippen LogP) is 0.743. The summed E-state index contributed by atoms with van der Waals surface area (Å²) >= 11 is 0. The van der Waals surface area contributed by atoms with Crippen LogP contribution in [0.3, 0.4) is 0 Å². The van der Waals surface area contributed by atoms with Crippen molar-refractivity contribution in [2.24, 2.45) is 5.41 Å². The number of rotatable bonds is 6. The number of nitrogens with one attached hydrogen (secondary N) is 1.